The average Bonchev–Trinajstić information content (AvgIpc) is 2.92. The Kier molecular flexibility index (Phi) is 4.54. The Hall–Kier alpha value is -1.12. The second-order valence-corrected chi connectivity index (χ2v) is 6.01. The van der Waals surface area contributed by atoms with Gasteiger partial charge in [-0.2, -0.15) is 0 Å². The van der Waals surface area contributed by atoms with Gasteiger partial charge in [-0.05, 0) is 56.0 Å². The SMILES string of the molecule is ClCCCC1CCCN1Cc1ccc2ncccc2c1. The molecule has 20 heavy (non-hydrogen) atoms. The highest BCUT2D eigenvalue weighted by Crippen LogP contribution is 2.24. The fourth-order valence-electron chi connectivity index (χ4n) is 3.20. The highest BCUT2D eigenvalue weighted by molar-refractivity contribution is 6.17. The molecule has 1 fully saturated rings. The molecule has 106 valence electrons. The van der Waals surface area contributed by atoms with Crippen molar-refractivity contribution in [1.82, 2.24) is 9.88 Å². The van der Waals surface area contributed by atoms with Crippen molar-refractivity contribution in [2.24, 2.45) is 0 Å². The van der Waals surface area contributed by atoms with Crippen molar-refractivity contribution in [2.75, 3.05) is 12.4 Å². The van der Waals surface area contributed by atoms with Crippen molar-refractivity contribution in [1.29, 1.82) is 0 Å². The number of hydrogen-bond donors (Lipinski definition) is 0. The van der Waals surface area contributed by atoms with Gasteiger partial charge >= 0.3 is 0 Å². The number of halogens is 1. The number of fused-ring (bicyclic) bond motifs is 1. The first kappa shape index (κ1) is 13.8. The predicted octanol–water partition coefficient (Wildman–Crippen LogP) is 4.22. The van der Waals surface area contributed by atoms with E-state index in [0.717, 1.165) is 30.4 Å². The monoisotopic (exact) mass is 288 g/mol. The Morgan fingerprint density at radius 3 is 3.15 bits per heavy atom. The zero-order chi connectivity index (χ0) is 13.8. The van der Waals surface area contributed by atoms with Crippen molar-refractivity contribution in [3.8, 4) is 0 Å². The van der Waals surface area contributed by atoms with E-state index in [1.807, 2.05) is 12.3 Å². The van der Waals surface area contributed by atoms with E-state index in [0.29, 0.717) is 0 Å². The Balaban J connectivity index is 1.71. The summed E-state index contributed by atoms with van der Waals surface area (Å²) in [6.45, 7) is 2.27. The number of hydrogen-bond acceptors (Lipinski definition) is 2. The molecule has 1 atom stereocenters. The molecule has 1 unspecified atom stereocenters. The molecule has 1 aromatic carbocycles. The minimum Gasteiger partial charge on any atom is -0.296 e. The summed E-state index contributed by atoms with van der Waals surface area (Å²) >= 11 is 5.83. The molecule has 2 heterocycles. The van der Waals surface area contributed by atoms with Gasteiger partial charge in [-0.3, -0.25) is 9.88 Å². The number of likely N-dealkylation sites (tertiary alicyclic amines) is 1. The van der Waals surface area contributed by atoms with Crippen LogP contribution in [-0.2, 0) is 6.54 Å². The zero-order valence-electron chi connectivity index (χ0n) is 11.8. The minimum absolute atomic E-state index is 0.721. The molecule has 0 N–H and O–H groups in total. The summed E-state index contributed by atoms with van der Waals surface area (Å²) in [6.07, 6.45) is 6.86. The lowest BCUT2D eigenvalue weighted by atomic mass is 10.1. The smallest absolute Gasteiger partial charge is 0.0702 e. The number of alkyl halides is 1. The molecular weight excluding hydrogens is 268 g/mol. The summed E-state index contributed by atoms with van der Waals surface area (Å²) in [5.41, 5.74) is 2.47. The maximum absolute atomic E-state index is 5.83. The highest BCUT2D eigenvalue weighted by atomic mass is 35.5. The number of nitrogens with zero attached hydrogens (tertiary/aromatic N) is 2. The summed E-state index contributed by atoms with van der Waals surface area (Å²) in [5.74, 6) is 0.784. The molecular formula is C17H21ClN2. The third-order valence-electron chi connectivity index (χ3n) is 4.22. The lowest BCUT2D eigenvalue weighted by Gasteiger charge is -2.24. The largest absolute Gasteiger partial charge is 0.296 e. The van der Waals surface area contributed by atoms with Crippen molar-refractivity contribution >= 4 is 22.5 Å². The first-order valence-corrected chi connectivity index (χ1v) is 8.04. The van der Waals surface area contributed by atoms with Gasteiger partial charge in [-0.15, -0.1) is 11.6 Å². The van der Waals surface area contributed by atoms with Crippen LogP contribution < -0.4 is 0 Å². The van der Waals surface area contributed by atoms with Crippen LogP contribution in [0.1, 0.15) is 31.2 Å². The molecule has 2 aromatic rings. The van der Waals surface area contributed by atoms with E-state index in [-0.39, 0.29) is 0 Å². The van der Waals surface area contributed by atoms with Gasteiger partial charge in [0.1, 0.15) is 0 Å². The van der Waals surface area contributed by atoms with E-state index < -0.39 is 0 Å². The van der Waals surface area contributed by atoms with E-state index in [1.54, 1.807) is 0 Å². The fraction of sp³-hybridized carbons (Fsp3) is 0.471. The molecule has 0 spiro atoms. The van der Waals surface area contributed by atoms with Crippen LogP contribution in [0, 0.1) is 0 Å². The first-order chi connectivity index (χ1) is 9.86. The third-order valence-corrected chi connectivity index (χ3v) is 4.49. The van der Waals surface area contributed by atoms with E-state index >= 15 is 0 Å². The summed E-state index contributed by atoms with van der Waals surface area (Å²) in [5, 5.41) is 1.24. The summed E-state index contributed by atoms with van der Waals surface area (Å²) < 4.78 is 0. The van der Waals surface area contributed by atoms with Gasteiger partial charge in [-0.1, -0.05) is 12.1 Å². The molecule has 3 rings (SSSR count). The number of aromatic nitrogens is 1. The van der Waals surface area contributed by atoms with Crippen molar-refractivity contribution < 1.29 is 0 Å². The Morgan fingerprint density at radius 2 is 2.25 bits per heavy atom. The maximum atomic E-state index is 5.83. The van der Waals surface area contributed by atoms with Crippen LogP contribution in [0.25, 0.3) is 10.9 Å². The lowest BCUT2D eigenvalue weighted by molar-refractivity contribution is 0.234. The van der Waals surface area contributed by atoms with Gasteiger partial charge in [0, 0.05) is 30.0 Å². The molecule has 3 heteroatoms. The van der Waals surface area contributed by atoms with Crippen LogP contribution in [0.4, 0.5) is 0 Å². The van der Waals surface area contributed by atoms with Crippen LogP contribution in [0.2, 0.25) is 0 Å². The van der Waals surface area contributed by atoms with Crippen LogP contribution in [0.5, 0.6) is 0 Å². The normalized spacial score (nSPS) is 19.8. The minimum atomic E-state index is 0.721. The van der Waals surface area contributed by atoms with Crippen LogP contribution >= 0.6 is 11.6 Å². The Labute approximate surface area is 125 Å². The van der Waals surface area contributed by atoms with Gasteiger partial charge in [0.2, 0.25) is 0 Å². The first-order valence-electron chi connectivity index (χ1n) is 7.50. The fourth-order valence-corrected chi connectivity index (χ4v) is 3.36. The molecule has 0 bridgehead atoms. The topological polar surface area (TPSA) is 16.1 Å². The van der Waals surface area contributed by atoms with Crippen molar-refractivity contribution in [2.45, 2.75) is 38.3 Å². The third kappa shape index (κ3) is 3.13. The van der Waals surface area contributed by atoms with Gasteiger partial charge in [-0.25, -0.2) is 0 Å². The van der Waals surface area contributed by atoms with Crippen LogP contribution in [0.3, 0.4) is 0 Å². The summed E-state index contributed by atoms with van der Waals surface area (Å²) in [7, 11) is 0. The highest BCUT2D eigenvalue weighted by Gasteiger charge is 2.23. The van der Waals surface area contributed by atoms with Gasteiger partial charge in [0.15, 0.2) is 0 Å². The van der Waals surface area contributed by atoms with E-state index in [1.165, 1.54) is 36.8 Å². The number of benzene rings is 1. The second-order valence-electron chi connectivity index (χ2n) is 5.63. The molecule has 1 saturated heterocycles. The number of rotatable bonds is 5. The lowest BCUT2D eigenvalue weighted by Crippen LogP contribution is -2.28. The summed E-state index contributed by atoms with van der Waals surface area (Å²) in [6, 6.07) is 11.5. The zero-order valence-corrected chi connectivity index (χ0v) is 12.5. The molecule has 1 aliphatic rings. The van der Waals surface area contributed by atoms with Crippen LogP contribution in [-0.4, -0.2) is 28.4 Å². The van der Waals surface area contributed by atoms with Gasteiger partial charge < -0.3 is 0 Å². The molecule has 2 nitrogen and oxygen atoms in total. The quantitative estimate of drug-likeness (QED) is 0.766. The molecule has 0 aliphatic carbocycles. The molecule has 0 radical (unpaired) electrons. The van der Waals surface area contributed by atoms with Gasteiger partial charge in [0.05, 0.1) is 5.52 Å². The standard InChI is InChI=1S/C17H21ClN2/c18-9-1-5-16-6-3-11-20(16)13-14-7-8-17-15(12-14)4-2-10-19-17/h2,4,7-8,10,12,16H,1,3,5-6,9,11,13H2. The predicted molar refractivity (Wildman–Crippen MR) is 85.1 cm³/mol. The molecule has 0 amide bonds. The average molecular weight is 289 g/mol. The molecule has 1 aromatic heterocycles. The van der Waals surface area contributed by atoms with Crippen LogP contribution in [0.15, 0.2) is 36.5 Å². The Bertz CT molecular complexity index is 570. The van der Waals surface area contributed by atoms with Gasteiger partial charge in [0.25, 0.3) is 0 Å². The van der Waals surface area contributed by atoms with E-state index in [2.05, 4.69) is 34.1 Å². The molecule has 0 saturated carbocycles. The second kappa shape index (κ2) is 6.55. The van der Waals surface area contributed by atoms with Crippen molar-refractivity contribution in [3.63, 3.8) is 0 Å². The molecule has 1 aliphatic heterocycles. The maximum Gasteiger partial charge on any atom is 0.0702 e. The summed E-state index contributed by atoms with van der Waals surface area (Å²) in [4.78, 5) is 7.00. The van der Waals surface area contributed by atoms with E-state index in [4.69, 9.17) is 11.6 Å². The van der Waals surface area contributed by atoms with E-state index in [9.17, 15) is 0 Å². The number of pyridine rings is 1. The van der Waals surface area contributed by atoms with Crippen molar-refractivity contribution in [3.05, 3.63) is 42.1 Å². The Morgan fingerprint density at radius 1 is 1.30 bits per heavy atom.